The molecule has 1 aliphatic heterocycles. The summed E-state index contributed by atoms with van der Waals surface area (Å²) < 4.78 is 5.84. The summed E-state index contributed by atoms with van der Waals surface area (Å²) in [5.74, 6) is 0.848. The molecule has 0 radical (unpaired) electrons. The molecule has 0 aliphatic carbocycles. The largest absolute Gasteiger partial charge is 0.373 e. The van der Waals surface area contributed by atoms with E-state index in [9.17, 15) is 0 Å². The van der Waals surface area contributed by atoms with Gasteiger partial charge in [-0.1, -0.05) is 6.07 Å². The molecule has 1 aliphatic rings. The van der Waals surface area contributed by atoms with Crippen LogP contribution in [0.5, 0.6) is 0 Å². The zero-order chi connectivity index (χ0) is 16.9. The Kier molecular flexibility index (Phi) is 6.44. The van der Waals surface area contributed by atoms with Gasteiger partial charge in [-0.3, -0.25) is 9.89 Å². The Labute approximate surface area is 144 Å². The summed E-state index contributed by atoms with van der Waals surface area (Å²) in [5, 5.41) is 8.93. The van der Waals surface area contributed by atoms with Gasteiger partial charge in [0.2, 0.25) is 0 Å². The topological polar surface area (TPSA) is 48.9 Å². The molecule has 1 fully saturated rings. The van der Waals surface area contributed by atoms with Gasteiger partial charge in [-0.05, 0) is 39.1 Å². The average molecular weight is 339 g/mol. The first kappa shape index (κ1) is 18.2. The molecule has 5 nitrogen and oxygen atoms in total. The van der Waals surface area contributed by atoms with Crippen LogP contribution in [0.1, 0.15) is 32.6 Å². The molecule has 6 heteroatoms. The van der Waals surface area contributed by atoms with Gasteiger partial charge in [0.25, 0.3) is 0 Å². The standard InChI is InChI=1S/C17H30N4OS/c1-13-10-21(11-14(2)22-13)17(3,4)12-20-16(18-5)19-9-15-7-6-8-23-15/h6-8,13-14H,9-12H2,1-5H3,(H2,18,19,20). The van der Waals surface area contributed by atoms with Crippen molar-refractivity contribution in [3.63, 3.8) is 0 Å². The second kappa shape index (κ2) is 8.13. The third-order valence-electron chi connectivity index (χ3n) is 4.20. The SMILES string of the molecule is CN=C(NCc1cccs1)NCC(C)(C)N1CC(C)OC(C)C1. The Balaban J connectivity index is 1.84. The highest BCUT2D eigenvalue weighted by Crippen LogP contribution is 2.20. The van der Waals surface area contributed by atoms with Gasteiger partial charge in [-0.25, -0.2) is 0 Å². The molecule has 0 spiro atoms. The van der Waals surface area contributed by atoms with Crippen LogP contribution in [0.25, 0.3) is 0 Å². The quantitative estimate of drug-likeness (QED) is 0.639. The van der Waals surface area contributed by atoms with Crippen molar-refractivity contribution in [2.24, 2.45) is 4.99 Å². The molecular weight excluding hydrogens is 308 g/mol. The fourth-order valence-corrected chi connectivity index (χ4v) is 3.53. The number of ether oxygens (including phenoxy) is 1. The van der Waals surface area contributed by atoms with E-state index in [1.807, 2.05) is 7.05 Å². The van der Waals surface area contributed by atoms with E-state index in [1.165, 1.54) is 4.88 Å². The van der Waals surface area contributed by atoms with Gasteiger partial charge in [-0.2, -0.15) is 0 Å². The lowest BCUT2D eigenvalue weighted by molar-refractivity contribution is -0.0946. The molecule has 1 saturated heterocycles. The average Bonchev–Trinajstić information content (AvgIpc) is 2.99. The molecule has 1 aromatic rings. The molecule has 2 heterocycles. The number of nitrogens with one attached hydrogen (secondary N) is 2. The van der Waals surface area contributed by atoms with Gasteiger partial charge in [0, 0.05) is 37.1 Å². The minimum atomic E-state index is 0.0485. The van der Waals surface area contributed by atoms with Crippen LogP contribution in [0.2, 0.25) is 0 Å². The molecule has 0 bridgehead atoms. The van der Waals surface area contributed by atoms with Gasteiger partial charge >= 0.3 is 0 Å². The third-order valence-corrected chi connectivity index (χ3v) is 5.07. The van der Waals surface area contributed by atoms with Crippen LogP contribution < -0.4 is 10.6 Å². The van der Waals surface area contributed by atoms with Gasteiger partial charge in [-0.15, -0.1) is 11.3 Å². The number of thiophene rings is 1. The van der Waals surface area contributed by atoms with Crippen molar-refractivity contribution in [1.82, 2.24) is 15.5 Å². The number of aliphatic imine (C=N–C) groups is 1. The lowest BCUT2D eigenvalue weighted by Crippen LogP contribution is -2.59. The molecule has 2 N–H and O–H groups in total. The van der Waals surface area contributed by atoms with Gasteiger partial charge in [0.05, 0.1) is 18.8 Å². The maximum atomic E-state index is 5.84. The van der Waals surface area contributed by atoms with E-state index >= 15 is 0 Å². The number of morpholine rings is 1. The van der Waals surface area contributed by atoms with Crippen molar-refractivity contribution in [2.45, 2.75) is 52.0 Å². The Hall–Kier alpha value is -1.11. The third kappa shape index (κ3) is 5.48. The summed E-state index contributed by atoms with van der Waals surface area (Å²) in [5.41, 5.74) is 0.0485. The van der Waals surface area contributed by atoms with Crippen molar-refractivity contribution in [3.8, 4) is 0 Å². The first-order valence-corrected chi connectivity index (χ1v) is 9.16. The Morgan fingerprint density at radius 2 is 2.04 bits per heavy atom. The van der Waals surface area contributed by atoms with Crippen LogP contribution in [-0.2, 0) is 11.3 Å². The molecule has 2 unspecified atom stereocenters. The molecule has 0 amide bonds. The molecule has 0 saturated carbocycles. The van der Waals surface area contributed by atoms with E-state index in [0.29, 0.717) is 0 Å². The maximum absolute atomic E-state index is 5.84. The molecule has 2 atom stereocenters. The lowest BCUT2D eigenvalue weighted by atomic mass is 10.00. The van der Waals surface area contributed by atoms with Gasteiger partial charge in [0.15, 0.2) is 5.96 Å². The van der Waals surface area contributed by atoms with Crippen LogP contribution in [0.4, 0.5) is 0 Å². The molecule has 23 heavy (non-hydrogen) atoms. The molecule has 0 aromatic carbocycles. The zero-order valence-corrected chi connectivity index (χ0v) is 15.7. The minimum Gasteiger partial charge on any atom is -0.373 e. The van der Waals surface area contributed by atoms with E-state index in [4.69, 9.17) is 4.74 Å². The fraction of sp³-hybridized carbons (Fsp3) is 0.706. The van der Waals surface area contributed by atoms with Crippen LogP contribution in [0.15, 0.2) is 22.5 Å². The number of rotatable bonds is 5. The summed E-state index contributed by atoms with van der Waals surface area (Å²) in [6.45, 7) is 12.4. The monoisotopic (exact) mass is 338 g/mol. The maximum Gasteiger partial charge on any atom is 0.191 e. The van der Waals surface area contributed by atoms with Crippen molar-refractivity contribution in [2.75, 3.05) is 26.7 Å². The summed E-state index contributed by atoms with van der Waals surface area (Å²) in [6, 6.07) is 4.20. The van der Waals surface area contributed by atoms with E-state index in [2.05, 4.69) is 65.7 Å². The predicted molar refractivity (Wildman–Crippen MR) is 98.2 cm³/mol. The number of nitrogens with zero attached hydrogens (tertiary/aromatic N) is 2. The van der Waals surface area contributed by atoms with E-state index in [0.717, 1.165) is 32.1 Å². The highest BCUT2D eigenvalue weighted by atomic mass is 32.1. The van der Waals surface area contributed by atoms with E-state index in [-0.39, 0.29) is 17.7 Å². The normalized spacial score (nSPS) is 23.8. The van der Waals surface area contributed by atoms with E-state index < -0.39 is 0 Å². The number of hydrogen-bond donors (Lipinski definition) is 2. The minimum absolute atomic E-state index is 0.0485. The highest BCUT2D eigenvalue weighted by Gasteiger charge is 2.33. The summed E-state index contributed by atoms with van der Waals surface area (Å²) in [4.78, 5) is 8.14. The van der Waals surface area contributed by atoms with Crippen molar-refractivity contribution < 1.29 is 4.74 Å². The molecule has 130 valence electrons. The van der Waals surface area contributed by atoms with Crippen molar-refractivity contribution in [1.29, 1.82) is 0 Å². The number of guanidine groups is 1. The van der Waals surface area contributed by atoms with E-state index in [1.54, 1.807) is 11.3 Å². The number of hydrogen-bond acceptors (Lipinski definition) is 4. The molecule has 1 aromatic heterocycles. The van der Waals surface area contributed by atoms with Crippen LogP contribution in [0.3, 0.4) is 0 Å². The molecular formula is C17H30N4OS. The van der Waals surface area contributed by atoms with Gasteiger partial charge < -0.3 is 15.4 Å². The summed E-state index contributed by atoms with van der Waals surface area (Å²) in [7, 11) is 1.82. The zero-order valence-electron chi connectivity index (χ0n) is 14.9. The first-order chi connectivity index (χ1) is 10.9. The Morgan fingerprint density at radius 1 is 1.35 bits per heavy atom. The van der Waals surface area contributed by atoms with Crippen LogP contribution >= 0.6 is 11.3 Å². The summed E-state index contributed by atoms with van der Waals surface area (Å²) >= 11 is 1.75. The lowest BCUT2D eigenvalue weighted by Gasteiger charge is -2.45. The fourth-order valence-electron chi connectivity index (χ4n) is 2.89. The second-order valence-electron chi connectivity index (χ2n) is 6.83. The van der Waals surface area contributed by atoms with Gasteiger partial charge in [0.1, 0.15) is 0 Å². The molecule has 2 rings (SSSR count). The van der Waals surface area contributed by atoms with Crippen LogP contribution in [0, 0.1) is 0 Å². The summed E-state index contributed by atoms with van der Waals surface area (Å²) in [6.07, 6.45) is 0.573. The van der Waals surface area contributed by atoms with Crippen molar-refractivity contribution in [3.05, 3.63) is 22.4 Å². The van der Waals surface area contributed by atoms with Crippen LogP contribution in [-0.4, -0.2) is 55.3 Å². The Bertz CT molecular complexity index is 491. The predicted octanol–water partition coefficient (Wildman–Crippen LogP) is 2.30. The highest BCUT2D eigenvalue weighted by molar-refractivity contribution is 7.09. The second-order valence-corrected chi connectivity index (χ2v) is 7.87. The van der Waals surface area contributed by atoms with Crippen molar-refractivity contribution >= 4 is 17.3 Å². The Morgan fingerprint density at radius 3 is 2.61 bits per heavy atom. The smallest absolute Gasteiger partial charge is 0.191 e. The first-order valence-electron chi connectivity index (χ1n) is 8.28.